The van der Waals surface area contributed by atoms with Gasteiger partial charge in [0.05, 0.1) is 12.2 Å². The maximum atomic E-state index is 12.5. The van der Waals surface area contributed by atoms with Gasteiger partial charge in [-0.3, -0.25) is 9.59 Å². The van der Waals surface area contributed by atoms with Gasteiger partial charge in [-0.25, -0.2) is 0 Å². The summed E-state index contributed by atoms with van der Waals surface area (Å²) in [6.45, 7) is 3.98. The normalized spacial score (nSPS) is 10.3. The number of nitrogens with one attached hydrogen (secondary N) is 1. The number of hydrogen-bond acceptors (Lipinski definition) is 3. The van der Waals surface area contributed by atoms with Crippen LogP contribution in [0.15, 0.2) is 47.4 Å². The lowest BCUT2D eigenvalue weighted by Crippen LogP contribution is -2.35. The van der Waals surface area contributed by atoms with Gasteiger partial charge in [0.25, 0.3) is 5.91 Å². The average Bonchev–Trinajstić information content (AvgIpc) is 2.57. The summed E-state index contributed by atoms with van der Waals surface area (Å²) in [6.07, 6.45) is 1.96. The Hall–Kier alpha value is -2.27. The standard InChI is InChI=1S/C19H22N2O2S/c1-13-9-10-15(11-14(13)2)19(23)21(3)12-18(22)20-16-7-5-6-8-17(16)24-4/h5-11H,12H2,1-4H3,(H,20,22). The van der Waals surface area contributed by atoms with Gasteiger partial charge in [0, 0.05) is 17.5 Å². The van der Waals surface area contributed by atoms with Crippen molar-refractivity contribution in [1.29, 1.82) is 0 Å². The van der Waals surface area contributed by atoms with Gasteiger partial charge < -0.3 is 10.2 Å². The topological polar surface area (TPSA) is 49.4 Å². The van der Waals surface area contributed by atoms with E-state index in [1.54, 1.807) is 24.9 Å². The fraction of sp³-hybridized carbons (Fsp3) is 0.263. The number of thioether (sulfide) groups is 1. The van der Waals surface area contributed by atoms with Crippen LogP contribution in [0.3, 0.4) is 0 Å². The molecule has 2 amide bonds. The minimum Gasteiger partial charge on any atom is -0.332 e. The van der Waals surface area contributed by atoms with Crippen molar-refractivity contribution in [3.63, 3.8) is 0 Å². The van der Waals surface area contributed by atoms with Crippen molar-refractivity contribution in [2.75, 3.05) is 25.2 Å². The van der Waals surface area contributed by atoms with E-state index in [0.29, 0.717) is 5.56 Å². The Balaban J connectivity index is 2.02. The Kier molecular flexibility index (Phi) is 6.04. The Morgan fingerprint density at radius 1 is 1.08 bits per heavy atom. The van der Waals surface area contributed by atoms with Crippen LogP contribution in [0.25, 0.3) is 0 Å². The van der Waals surface area contributed by atoms with E-state index in [1.807, 2.05) is 56.5 Å². The smallest absolute Gasteiger partial charge is 0.254 e. The van der Waals surface area contributed by atoms with E-state index in [4.69, 9.17) is 0 Å². The quantitative estimate of drug-likeness (QED) is 0.842. The molecule has 0 radical (unpaired) electrons. The maximum Gasteiger partial charge on any atom is 0.254 e. The van der Waals surface area contributed by atoms with Gasteiger partial charge in [-0.2, -0.15) is 0 Å². The van der Waals surface area contributed by atoms with Crippen molar-refractivity contribution >= 4 is 29.3 Å². The maximum absolute atomic E-state index is 12.5. The molecule has 126 valence electrons. The molecule has 2 aromatic rings. The molecule has 0 bridgehead atoms. The number of amides is 2. The highest BCUT2D eigenvalue weighted by Crippen LogP contribution is 2.24. The highest BCUT2D eigenvalue weighted by molar-refractivity contribution is 7.98. The molecule has 2 aromatic carbocycles. The first-order valence-electron chi connectivity index (χ1n) is 7.68. The number of carbonyl (C=O) groups is 2. The van der Waals surface area contributed by atoms with E-state index in [9.17, 15) is 9.59 Å². The van der Waals surface area contributed by atoms with Crippen molar-refractivity contribution < 1.29 is 9.59 Å². The summed E-state index contributed by atoms with van der Waals surface area (Å²) < 4.78 is 0. The minimum atomic E-state index is -0.212. The highest BCUT2D eigenvalue weighted by Gasteiger charge is 2.16. The summed E-state index contributed by atoms with van der Waals surface area (Å²) in [5, 5.41) is 2.87. The summed E-state index contributed by atoms with van der Waals surface area (Å²) in [7, 11) is 1.64. The summed E-state index contributed by atoms with van der Waals surface area (Å²) >= 11 is 1.57. The average molecular weight is 342 g/mol. The predicted molar refractivity (Wildman–Crippen MR) is 99.7 cm³/mol. The Bertz CT molecular complexity index is 759. The summed E-state index contributed by atoms with van der Waals surface area (Å²) in [6, 6.07) is 13.2. The minimum absolute atomic E-state index is 0.00841. The van der Waals surface area contributed by atoms with Crippen LogP contribution in [0, 0.1) is 13.8 Å². The van der Waals surface area contributed by atoms with Crippen molar-refractivity contribution in [2.24, 2.45) is 0 Å². The van der Waals surface area contributed by atoms with Gasteiger partial charge in [0.15, 0.2) is 0 Å². The van der Waals surface area contributed by atoms with Gasteiger partial charge >= 0.3 is 0 Å². The number of carbonyl (C=O) groups excluding carboxylic acids is 2. The van der Waals surface area contributed by atoms with Crippen molar-refractivity contribution in [3.8, 4) is 0 Å². The number of anilines is 1. The number of para-hydroxylation sites is 1. The molecule has 0 aliphatic carbocycles. The molecular formula is C19H22N2O2S. The van der Waals surface area contributed by atoms with Gasteiger partial charge in [0.1, 0.15) is 0 Å². The van der Waals surface area contributed by atoms with Gasteiger partial charge in [-0.15, -0.1) is 11.8 Å². The largest absolute Gasteiger partial charge is 0.332 e. The number of rotatable bonds is 5. The number of likely N-dealkylation sites (N-methyl/N-ethyl adjacent to an activating group) is 1. The second-order valence-electron chi connectivity index (χ2n) is 5.71. The second-order valence-corrected chi connectivity index (χ2v) is 6.56. The molecule has 5 heteroatoms. The lowest BCUT2D eigenvalue weighted by atomic mass is 10.1. The summed E-state index contributed by atoms with van der Waals surface area (Å²) in [4.78, 5) is 27.1. The SMILES string of the molecule is CSc1ccccc1NC(=O)CN(C)C(=O)c1ccc(C)c(C)c1. The van der Waals surface area contributed by atoms with Crippen LogP contribution in [0.4, 0.5) is 5.69 Å². The highest BCUT2D eigenvalue weighted by atomic mass is 32.2. The lowest BCUT2D eigenvalue weighted by Gasteiger charge is -2.18. The van der Waals surface area contributed by atoms with Crippen LogP contribution in [0.2, 0.25) is 0 Å². The van der Waals surface area contributed by atoms with Crippen LogP contribution >= 0.6 is 11.8 Å². The van der Waals surface area contributed by atoms with E-state index < -0.39 is 0 Å². The van der Waals surface area contributed by atoms with Crippen LogP contribution in [0.1, 0.15) is 21.5 Å². The number of benzene rings is 2. The first-order chi connectivity index (χ1) is 11.4. The van der Waals surface area contributed by atoms with Crippen molar-refractivity contribution in [2.45, 2.75) is 18.7 Å². The molecule has 0 saturated carbocycles. The Labute approximate surface area is 147 Å². The first-order valence-corrected chi connectivity index (χ1v) is 8.90. The molecule has 0 spiro atoms. The van der Waals surface area contributed by atoms with E-state index in [1.165, 1.54) is 4.90 Å². The van der Waals surface area contributed by atoms with E-state index in [0.717, 1.165) is 21.7 Å². The number of nitrogens with zero attached hydrogens (tertiary/aromatic N) is 1. The zero-order chi connectivity index (χ0) is 17.7. The van der Waals surface area contributed by atoms with E-state index >= 15 is 0 Å². The van der Waals surface area contributed by atoms with Crippen molar-refractivity contribution in [1.82, 2.24) is 4.90 Å². The molecule has 1 N–H and O–H groups in total. The third-order valence-corrected chi connectivity index (χ3v) is 4.66. The Morgan fingerprint density at radius 2 is 1.79 bits per heavy atom. The van der Waals surface area contributed by atoms with E-state index in [2.05, 4.69) is 5.32 Å². The summed E-state index contributed by atoms with van der Waals surface area (Å²) in [5.74, 6) is -0.373. The molecule has 2 rings (SSSR count). The zero-order valence-electron chi connectivity index (χ0n) is 14.4. The number of hydrogen-bond donors (Lipinski definition) is 1. The second kappa shape index (κ2) is 8.02. The molecule has 0 aliphatic heterocycles. The third-order valence-electron chi connectivity index (χ3n) is 3.86. The molecule has 0 heterocycles. The molecule has 24 heavy (non-hydrogen) atoms. The molecule has 0 atom stereocenters. The molecule has 0 unspecified atom stereocenters. The third kappa shape index (κ3) is 4.38. The van der Waals surface area contributed by atoms with Crippen LogP contribution < -0.4 is 5.32 Å². The van der Waals surface area contributed by atoms with Gasteiger partial charge in [-0.05, 0) is 55.5 Å². The number of aryl methyl sites for hydroxylation is 2. The lowest BCUT2D eigenvalue weighted by molar-refractivity contribution is -0.116. The Morgan fingerprint density at radius 3 is 2.46 bits per heavy atom. The molecule has 0 aliphatic rings. The fourth-order valence-electron chi connectivity index (χ4n) is 2.32. The summed E-state index contributed by atoms with van der Waals surface area (Å²) in [5.41, 5.74) is 3.56. The fourth-order valence-corrected chi connectivity index (χ4v) is 2.87. The van der Waals surface area contributed by atoms with Gasteiger partial charge in [0.2, 0.25) is 5.91 Å². The van der Waals surface area contributed by atoms with Crippen molar-refractivity contribution in [3.05, 3.63) is 59.2 Å². The van der Waals surface area contributed by atoms with Crippen LogP contribution in [-0.2, 0) is 4.79 Å². The van der Waals surface area contributed by atoms with Gasteiger partial charge in [-0.1, -0.05) is 18.2 Å². The molecule has 0 fully saturated rings. The van der Waals surface area contributed by atoms with Crippen LogP contribution in [0.5, 0.6) is 0 Å². The molecular weight excluding hydrogens is 320 g/mol. The first kappa shape index (κ1) is 18.1. The molecule has 0 aromatic heterocycles. The molecule has 4 nitrogen and oxygen atoms in total. The predicted octanol–water partition coefficient (Wildman–Crippen LogP) is 3.74. The molecule has 0 saturated heterocycles. The zero-order valence-corrected chi connectivity index (χ0v) is 15.2. The van der Waals surface area contributed by atoms with E-state index in [-0.39, 0.29) is 18.4 Å². The monoisotopic (exact) mass is 342 g/mol. The van der Waals surface area contributed by atoms with Crippen LogP contribution in [-0.4, -0.2) is 36.6 Å².